The van der Waals surface area contributed by atoms with Crippen molar-refractivity contribution >= 4 is 5.97 Å². The molecule has 0 aliphatic carbocycles. The van der Waals surface area contributed by atoms with Crippen LogP contribution in [-0.2, 0) is 9.53 Å². The maximum Gasteiger partial charge on any atom is 0.324 e. The van der Waals surface area contributed by atoms with Crippen LogP contribution in [0.4, 0.5) is 0 Å². The minimum atomic E-state index is -0.121. The van der Waals surface area contributed by atoms with E-state index in [2.05, 4.69) is 19.3 Å². The van der Waals surface area contributed by atoms with Gasteiger partial charge in [0, 0.05) is 13.1 Å². The van der Waals surface area contributed by atoms with Gasteiger partial charge in [-0.05, 0) is 25.2 Å². The molecule has 4 nitrogen and oxygen atoms in total. The maximum absolute atomic E-state index is 11.4. The molecule has 0 radical (unpaired) electrons. The van der Waals surface area contributed by atoms with E-state index in [1.165, 1.54) is 7.11 Å². The Hall–Kier alpha value is -0.610. The Balaban J connectivity index is 2.30. The lowest BCUT2D eigenvalue weighted by Gasteiger charge is -2.23. The Morgan fingerprint density at radius 3 is 2.93 bits per heavy atom. The Morgan fingerprint density at radius 2 is 2.33 bits per heavy atom. The first-order valence-corrected chi connectivity index (χ1v) is 5.73. The Kier molecular flexibility index (Phi) is 5.05. The normalized spacial score (nSPS) is 22.3. The third-order valence-electron chi connectivity index (χ3n) is 2.76. The number of esters is 1. The molecular formula is C11H22N2O2. The largest absolute Gasteiger partial charge is 0.468 e. The molecule has 1 unspecified atom stereocenters. The fraction of sp³-hybridized carbons (Fsp3) is 0.909. The minimum Gasteiger partial charge on any atom is -0.468 e. The first-order valence-electron chi connectivity index (χ1n) is 5.73. The number of rotatable bonds is 5. The van der Waals surface area contributed by atoms with Crippen LogP contribution in [0.1, 0.15) is 33.1 Å². The first kappa shape index (κ1) is 12.5. The zero-order chi connectivity index (χ0) is 11.3. The Morgan fingerprint density at radius 1 is 1.60 bits per heavy atom. The summed E-state index contributed by atoms with van der Waals surface area (Å²) >= 11 is 0. The standard InChI is InChI=1S/C11H22N2O2/c1-9(2)6-7-12-13-8-4-5-10(13)11(14)15-3/h9-10,12H,4-8H2,1-3H3. The average Bonchev–Trinajstić information content (AvgIpc) is 2.64. The van der Waals surface area contributed by atoms with Gasteiger partial charge < -0.3 is 4.74 Å². The van der Waals surface area contributed by atoms with E-state index < -0.39 is 0 Å². The summed E-state index contributed by atoms with van der Waals surface area (Å²) in [5.41, 5.74) is 3.31. The van der Waals surface area contributed by atoms with Crippen molar-refractivity contribution in [1.82, 2.24) is 10.4 Å². The van der Waals surface area contributed by atoms with Crippen molar-refractivity contribution < 1.29 is 9.53 Å². The molecule has 0 amide bonds. The fourth-order valence-electron chi connectivity index (χ4n) is 1.83. The number of carbonyl (C=O) groups excluding carboxylic acids is 1. The van der Waals surface area contributed by atoms with Crippen LogP contribution in [0.25, 0.3) is 0 Å². The number of nitrogens with one attached hydrogen (secondary N) is 1. The highest BCUT2D eigenvalue weighted by atomic mass is 16.5. The van der Waals surface area contributed by atoms with E-state index in [0.717, 1.165) is 32.4 Å². The second-order valence-corrected chi connectivity index (χ2v) is 4.47. The predicted molar refractivity (Wildman–Crippen MR) is 59.2 cm³/mol. The minimum absolute atomic E-state index is 0.0813. The molecule has 1 atom stereocenters. The van der Waals surface area contributed by atoms with E-state index in [1.807, 2.05) is 5.01 Å². The highest BCUT2D eigenvalue weighted by Crippen LogP contribution is 2.15. The van der Waals surface area contributed by atoms with E-state index in [9.17, 15) is 4.79 Å². The lowest BCUT2D eigenvalue weighted by atomic mass is 10.1. The molecule has 0 spiro atoms. The molecule has 88 valence electrons. The highest BCUT2D eigenvalue weighted by molar-refractivity contribution is 5.75. The van der Waals surface area contributed by atoms with Crippen LogP contribution in [0.15, 0.2) is 0 Å². The van der Waals surface area contributed by atoms with Crippen molar-refractivity contribution in [2.45, 2.75) is 39.2 Å². The fourth-order valence-corrected chi connectivity index (χ4v) is 1.83. The number of hydrazine groups is 1. The molecule has 1 N–H and O–H groups in total. The number of hydrogen-bond donors (Lipinski definition) is 1. The quantitative estimate of drug-likeness (QED) is 0.698. The van der Waals surface area contributed by atoms with Crippen LogP contribution in [0, 0.1) is 5.92 Å². The topological polar surface area (TPSA) is 41.6 Å². The van der Waals surface area contributed by atoms with Crippen LogP contribution >= 0.6 is 0 Å². The third kappa shape index (κ3) is 3.80. The summed E-state index contributed by atoms with van der Waals surface area (Å²) in [6, 6.07) is -0.0813. The molecule has 1 saturated heterocycles. The summed E-state index contributed by atoms with van der Waals surface area (Å²) < 4.78 is 4.77. The van der Waals surface area contributed by atoms with Crippen LogP contribution in [0.5, 0.6) is 0 Å². The van der Waals surface area contributed by atoms with E-state index in [4.69, 9.17) is 4.74 Å². The highest BCUT2D eigenvalue weighted by Gasteiger charge is 2.31. The molecular weight excluding hydrogens is 192 g/mol. The molecule has 0 aromatic heterocycles. The van der Waals surface area contributed by atoms with Crippen molar-refractivity contribution in [1.29, 1.82) is 0 Å². The van der Waals surface area contributed by atoms with Gasteiger partial charge >= 0.3 is 5.97 Å². The van der Waals surface area contributed by atoms with Crippen LogP contribution < -0.4 is 5.43 Å². The second kappa shape index (κ2) is 6.08. The van der Waals surface area contributed by atoms with Crippen LogP contribution in [-0.4, -0.2) is 37.2 Å². The first-order chi connectivity index (χ1) is 7.15. The molecule has 1 fully saturated rings. The number of carbonyl (C=O) groups is 1. The molecule has 1 rings (SSSR count). The number of methoxy groups -OCH3 is 1. The Bertz CT molecular complexity index is 207. The smallest absolute Gasteiger partial charge is 0.324 e. The molecule has 0 bridgehead atoms. The van der Waals surface area contributed by atoms with E-state index in [0.29, 0.717) is 5.92 Å². The van der Waals surface area contributed by atoms with E-state index >= 15 is 0 Å². The SMILES string of the molecule is COC(=O)C1CCCN1NCCC(C)C. The van der Waals surface area contributed by atoms with Gasteiger partial charge in [0.1, 0.15) is 6.04 Å². The molecule has 1 aliphatic rings. The molecule has 0 aromatic rings. The van der Waals surface area contributed by atoms with Crippen LogP contribution in [0.3, 0.4) is 0 Å². The lowest BCUT2D eigenvalue weighted by molar-refractivity contribution is -0.146. The summed E-state index contributed by atoms with van der Waals surface area (Å²) in [5, 5.41) is 2.02. The van der Waals surface area contributed by atoms with Crippen molar-refractivity contribution in [3.05, 3.63) is 0 Å². The third-order valence-corrected chi connectivity index (χ3v) is 2.76. The van der Waals surface area contributed by atoms with Crippen molar-refractivity contribution in [2.24, 2.45) is 5.92 Å². The van der Waals surface area contributed by atoms with Crippen molar-refractivity contribution in [3.8, 4) is 0 Å². The lowest BCUT2D eigenvalue weighted by Crippen LogP contribution is -2.46. The van der Waals surface area contributed by atoms with Gasteiger partial charge in [-0.15, -0.1) is 0 Å². The van der Waals surface area contributed by atoms with Gasteiger partial charge in [-0.25, -0.2) is 5.01 Å². The summed E-state index contributed by atoms with van der Waals surface area (Å²) in [4.78, 5) is 11.4. The van der Waals surface area contributed by atoms with Gasteiger partial charge in [-0.3, -0.25) is 10.2 Å². The van der Waals surface area contributed by atoms with Gasteiger partial charge in [0.15, 0.2) is 0 Å². The van der Waals surface area contributed by atoms with Gasteiger partial charge in [-0.1, -0.05) is 13.8 Å². The van der Waals surface area contributed by atoms with E-state index in [-0.39, 0.29) is 12.0 Å². The summed E-state index contributed by atoms with van der Waals surface area (Å²) in [6.45, 7) is 6.27. The molecule has 0 saturated carbocycles. The summed E-state index contributed by atoms with van der Waals surface area (Å²) in [6.07, 6.45) is 3.10. The maximum atomic E-state index is 11.4. The number of hydrogen-bond acceptors (Lipinski definition) is 4. The molecule has 1 aliphatic heterocycles. The molecule has 4 heteroatoms. The van der Waals surface area contributed by atoms with Crippen molar-refractivity contribution in [3.63, 3.8) is 0 Å². The zero-order valence-corrected chi connectivity index (χ0v) is 9.95. The van der Waals surface area contributed by atoms with E-state index in [1.54, 1.807) is 0 Å². The van der Waals surface area contributed by atoms with Gasteiger partial charge in [0.05, 0.1) is 7.11 Å². The summed E-state index contributed by atoms with van der Waals surface area (Å²) in [5.74, 6) is 0.571. The average molecular weight is 214 g/mol. The van der Waals surface area contributed by atoms with Crippen molar-refractivity contribution in [2.75, 3.05) is 20.2 Å². The Labute approximate surface area is 91.9 Å². The summed E-state index contributed by atoms with van der Waals surface area (Å²) in [7, 11) is 1.45. The van der Waals surface area contributed by atoms with Gasteiger partial charge in [0.25, 0.3) is 0 Å². The van der Waals surface area contributed by atoms with Gasteiger partial charge in [0.2, 0.25) is 0 Å². The van der Waals surface area contributed by atoms with Crippen LogP contribution in [0.2, 0.25) is 0 Å². The number of nitrogens with zero attached hydrogens (tertiary/aromatic N) is 1. The second-order valence-electron chi connectivity index (χ2n) is 4.47. The van der Waals surface area contributed by atoms with Gasteiger partial charge in [-0.2, -0.15) is 0 Å². The molecule has 1 heterocycles. The number of ether oxygens (including phenoxy) is 1. The molecule has 0 aromatic carbocycles. The molecule has 15 heavy (non-hydrogen) atoms. The monoisotopic (exact) mass is 214 g/mol. The zero-order valence-electron chi connectivity index (χ0n) is 9.95. The predicted octanol–water partition coefficient (Wildman–Crippen LogP) is 1.17.